The van der Waals surface area contributed by atoms with E-state index in [0.29, 0.717) is 0 Å². The minimum atomic E-state index is 0.929. The highest BCUT2D eigenvalue weighted by Crippen LogP contribution is 2.19. The molecule has 0 aromatic heterocycles. The molecule has 12 heavy (non-hydrogen) atoms. The number of hydrogen-bond donors (Lipinski definition) is 2. The Balaban J connectivity index is 2.01. The van der Waals surface area contributed by atoms with Gasteiger partial charge in [0.25, 0.3) is 0 Å². The lowest BCUT2D eigenvalue weighted by molar-refractivity contribution is 0.181. The molecule has 3 heteroatoms. The zero-order valence-corrected chi connectivity index (χ0v) is 8.05. The van der Waals surface area contributed by atoms with E-state index in [1.807, 2.05) is 12.1 Å². The van der Waals surface area contributed by atoms with Gasteiger partial charge in [-0.25, -0.2) is 5.01 Å². The predicted octanol–water partition coefficient (Wildman–Crippen LogP) is 0.572. The lowest BCUT2D eigenvalue weighted by atomic mass is 9.93. The highest BCUT2D eigenvalue weighted by molar-refractivity contribution is 4.69. The molecule has 3 N–H and O–H groups in total. The van der Waals surface area contributed by atoms with Crippen LogP contribution >= 0.6 is 0 Å². The lowest BCUT2D eigenvalue weighted by Crippen LogP contribution is -2.38. The maximum absolute atomic E-state index is 5.67. The molecular formula is C9H21N3. The van der Waals surface area contributed by atoms with Crippen LogP contribution in [0.2, 0.25) is 0 Å². The van der Waals surface area contributed by atoms with Gasteiger partial charge >= 0.3 is 0 Å². The van der Waals surface area contributed by atoms with Crippen LogP contribution in [0.25, 0.3) is 0 Å². The fraction of sp³-hybridized carbons (Fsp3) is 1.00. The molecule has 0 aromatic carbocycles. The van der Waals surface area contributed by atoms with E-state index >= 15 is 0 Å². The first-order valence-corrected chi connectivity index (χ1v) is 4.97. The third-order valence-electron chi connectivity index (χ3n) is 2.69. The summed E-state index contributed by atoms with van der Waals surface area (Å²) in [7, 11) is 2.02. The van der Waals surface area contributed by atoms with E-state index in [0.717, 1.165) is 25.6 Å². The smallest absolute Gasteiger partial charge is 0.0131 e. The second-order valence-corrected chi connectivity index (χ2v) is 3.73. The van der Waals surface area contributed by atoms with Gasteiger partial charge in [-0.2, -0.15) is 0 Å². The minimum absolute atomic E-state index is 0.929. The fourth-order valence-corrected chi connectivity index (χ4v) is 1.81. The topological polar surface area (TPSA) is 41.3 Å². The van der Waals surface area contributed by atoms with Crippen molar-refractivity contribution in [2.75, 3.05) is 26.7 Å². The van der Waals surface area contributed by atoms with Gasteiger partial charge in [-0.05, 0) is 45.2 Å². The summed E-state index contributed by atoms with van der Waals surface area (Å²) in [5.74, 6) is 6.60. The van der Waals surface area contributed by atoms with Crippen molar-refractivity contribution in [1.29, 1.82) is 0 Å². The Labute approximate surface area is 75.3 Å². The number of rotatable bonds is 4. The lowest BCUT2D eigenvalue weighted by Gasteiger charge is -2.28. The molecule has 1 aliphatic heterocycles. The third-order valence-corrected chi connectivity index (χ3v) is 2.69. The van der Waals surface area contributed by atoms with Crippen molar-refractivity contribution in [2.24, 2.45) is 11.8 Å². The Morgan fingerprint density at radius 2 is 2.08 bits per heavy atom. The van der Waals surface area contributed by atoms with Crippen molar-refractivity contribution in [2.45, 2.75) is 25.7 Å². The average Bonchev–Trinajstić information content (AvgIpc) is 2.09. The summed E-state index contributed by atoms with van der Waals surface area (Å²) >= 11 is 0. The summed E-state index contributed by atoms with van der Waals surface area (Å²) in [4.78, 5) is 0. The fourth-order valence-electron chi connectivity index (χ4n) is 1.81. The van der Waals surface area contributed by atoms with Crippen LogP contribution in [-0.2, 0) is 0 Å². The number of hydrogen-bond acceptors (Lipinski definition) is 3. The second-order valence-electron chi connectivity index (χ2n) is 3.73. The van der Waals surface area contributed by atoms with Crippen molar-refractivity contribution >= 4 is 0 Å². The monoisotopic (exact) mass is 171 g/mol. The van der Waals surface area contributed by atoms with E-state index in [9.17, 15) is 0 Å². The second kappa shape index (κ2) is 5.51. The van der Waals surface area contributed by atoms with Gasteiger partial charge in [0, 0.05) is 13.1 Å². The molecule has 72 valence electrons. The van der Waals surface area contributed by atoms with Crippen LogP contribution in [0.4, 0.5) is 0 Å². The molecule has 0 saturated carbocycles. The molecule has 3 nitrogen and oxygen atoms in total. The van der Waals surface area contributed by atoms with Gasteiger partial charge in [0.05, 0.1) is 0 Å². The summed E-state index contributed by atoms with van der Waals surface area (Å²) in [6.45, 7) is 3.33. The summed E-state index contributed by atoms with van der Waals surface area (Å²) in [6, 6.07) is 0. The molecule has 1 aliphatic rings. The molecular weight excluding hydrogens is 150 g/mol. The quantitative estimate of drug-likeness (QED) is 0.480. The van der Waals surface area contributed by atoms with E-state index in [1.165, 1.54) is 25.7 Å². The largest absolute Gasteiger partial charge is 0.320 e. The van der Waals surface area contributed by atoms with Crippen LogP contribution in [-0.4, -0.2) is 31.7 Å². The van der Waals surface area contributed by atoms with E-state index in [2.05, 4.69) is 5.32 Å². The Hall–Kier alpha value is -0.120. The number of nitrogens with zero attached hydrogens (tertiary/aromatic N) is 1. The number of nitrogens with one attached hydrogen (secondary N) is 1. The van der Waals surface area contributed by atoms with E-state index < -0.39 is 0 Å². The van der Waals surface area contributed by atoms with E-state index in [-0.39, 0.29) is 0 Å². The van der Waals surface area contributed by atoms with Crippen LogP contribution in [0, 0.1) is 5.92 Å². The predicted molar refractivity (Wildman–Crippen MR) is 51.6 cm³/mol. The van der Waals surface area contributed by atoms with Crippen molar-refractivity contribution in [3.63, 3.8) is 0 Å². The van der Waals surface area contributed by atoms with Crippen LogP contribution in [0.3, 0.4) is 0 Å². The van der Waals surface area contributed by atoms with Crippen LogP contribution in [0.1, 0.15) is 25.7 Å². The Bertz CT molecular complexity index is 108. The molecule has 0 spiro atoms. The normalized spacial score (nSPS) is 21.5. The molecule has 0 amide bonds. The zero-order valence-electron chi connectivity index (χ0n) is 8.05. The number of nitrogens with two attached hydrogens (primary N) is 1. The van der Waals surface area contributed by atoms with Crippen LogP contribution in [0.15, 0.2) is 0 Å². The van der Waals surface area contributed by atoms with Gasteiger partial charge in [0.15, 0.2) is 0 Å². The van der Waals surface area contributed by atoms with Crippen molar-refractivity contribution in [3.05, 3.63) is 0 Å². The molecule has 1 rings (SSSR count). The van der Waals surface area contributed by atoms with Crippen molar-refractivity contribution in [1.82, 2.24) is 10.3 Å². The van der Waals surface area contributed by atoms with Gasteiger partial charge < -0.3 is 5.32 Å². The van der Waals surface area contributed by atoms with Gasteiger partial charge in [-0.3, -0.25) is 5.84 Å². The Kier molecular flexibility index (Phi) is 4.58. The molecule has 1 heterocycles. The minimum Gasteiger partial charge on any atom is -0.320 e. The van der Waals surface area contributed by atoms with Gasteiger partial charge in [0.1, 0.15) is 0 Å². The van der Waals surface area contributed by atoms with Gasteiger partial charge in [-0.1, -0.05) is 0 Å². The van der Waals surface area contributed by atoms with E-state index in [4.69, 9.17) is 5.84 Å². The Morgan fingerprint density at radius 1 is 1.42 bits per heavy atom. The van der Waals surface area contributed by atoms with Crippen LogP contribution in [0.5, 0.6) is 0 Å². The molecule has 0 aromatic rings. The van der Waals surface area contributed by atoms with Crippen molar-refractivity contribution in [3.8, 4) is 0 Å². The molecule has 1 fully saturated rings. The SMILES string of the molecule is CNCCCC1CCN(N)CC1. The molecule has 0 radical (unpaired) electrons. The summed E-state index contributed by atoms with van der Waals surface area (Å²) < 4.78 is 0. The number of hydrazine groups is 1. The highest BCUT2D eigenvalue weighted by atomic mass is 15.4. The molecule has 0 unspecified atom stereocenters. The zero-order chi connectivity index (χ0) is 8.81. The van der Waals surface area contributed by atoms with Gasteiger partial charge in [-0.15, -0.1) is 0 Å². The standard InChI is InChI=1S/C9H21N3/c1-11-6-2-3-9-4-7-12(10)8-5-9/h9,11H,2-8,10H2,1H3. The maximum atomic E-state index is 5.67. The molecule has 0 aliphatic carbocycles. The molecule has 1 saturated heterocycles. The first kappa shape index (κ1) is 9.96. The highest BCUT2D eigenvalue weighted by Gasteiger charge is 2.15. The number of piperidine rings is 1. The first-order chi connectivity index (χ1) is 5.83. The molecule has 0 bridgehead atoms. The average molecular weight is 171 g/mol. The summed E-state index contributed by atoms with van der Waals surface area (Å²) in [6.07, 6.45) is 5.26. The Morgan fingerprint density at radius 3 is 2.67 bits per heavy atom. The van der Waals surface area contributed by atoms with Crippen molar-refractivity contribution < 1.29 is 0 Å². The van der Waals surface area contributed by atoms with Gasteiger partial charge in [0.2, 0.25) is 0 Å². The van der Waals surface area contributed by atoms with E-state index in [1.54, 1.807) is 0 Å². The molecule has 0 atom stereocenters. The summed E-state index contributed by atoms with van der Waals surface area (Å²) in [5, 5.41) is 5.12. The third kappa shape index (κ3) is 3.52. The first-order valence-electron chi connectivity index (χ1n) is 4.97. The van der Waals surface area contributed by atoms with Crippen LogP contribution < -0.4 is 11.2 Å². The maximum Gasteiger partial charge on any atom is 0.0131 e. The summed E-state index contributed by atoms with van der Waals surface area (Å²) in [5.41, 5.74) is 0.